The Kier molecular flexibility index (Phi) is 34.5. The summed E-state index contributed by atoms with van der Waals surface area (Å²) in [5.41, 5.74) is 5.40. The maximum atomic E-state index is 14.3. The van der Waals surface area contributed by atoms with Crippen molar-refractivity contribution >= 4 is 5.91 Å². The first-order chi connectivity index (χ1) is 55.7. The minimum Gasteiger partial charge on any atom is -0.497 e. The number of aliphatic hydroxyl groups is 2. The number of hydroxylamine groups is 4. The van der Waals surface area contributed by atoms with Gasteiger partial charge in [0.2, 0.25) is 0 Å². The van der Waals surface area contributed by atoms with Gasteiger partial charge < -0.3 is 81.3 Å². The van der Waals surface area contributed by atoms with Gasteiger partial charge in [-0.05, 0) is 104 Å². The molecule has 22 heteroatoms. The highest BCUT2D eigenvalue weighted by atomic mass is 16.8. The van der Waals surface area contributed by atoms with Gasteiger partial charge in [0.25, 0.3) is 11.8 Å². The number of hydrogen-bond acceptors (Lipinski definition) is 21. The Hall–Kier alpha value is -9.77. The fourth-order valence-electron chi connectivity index (χ4n) is 12.9. The van der Waals surface area contributed by atoms with Crippen LogP contribution in [-0.4, -0.2) is 163 Å². The second-order valence-corrected chi connectivity index (χ2v) is 27.4. The molecule has 0 saturated carbocycles. The van der Waals surface area contributed by atoms with E-state index in [0.717, 1.165) is 72.2 Å². The van der Waals surface area contributed by atoms with Crippen molar-refractivity contribution < 1.29 is 95.7 Å². The second kappa shape index (κ2) is 45.4. The van der Waals surface area contributed by atoms with Crippen molar-refractivity contribution in [2.75, 3.05) is 83.2 Å². The van der Waals surface area contributed by atoms with Crippen LogP contribution in [0.2, 0.25) is 0 Å². The average Bonchev–Trinajstić information content (AvgIpc) is 0.725. The zero-order chi connectivity index (χ0) is 80.2. The Morgan fingerprint density at radius 3 is 1.03 bits per heavy atom. The molecule has 0 aromatic heterocycles. The highest BCUT2D eigenvalue weighted by molar-refractivity contribution is 5.80. The lowest BCUT2D eigenvalue weighted by molar-refractivity contribution is -0.484. The number of carbonyl (C=O) groups excluding carboxylic acids is 1. The normalized spacial score (nSPS) is 16.7. The number of likely N-dealkylation sites (N-methyl/N-ethyl adjacent to an activating group) is 2. The molecule has 11 rings (SSSR count). The summed E-state index contributed by atoms with van der Waals surface area (Å²) in [6.07, 6.45) is -6.84. The van der Waals surface area contributed by atoms with Gasteiger partial charge in [0.1, 0.15) is 58.6 Å². The minimum absolute atomic E-state index is 0.0613. The summed E-state index contributed by atoms with van der Waals surface area (Å²) in [6, 6.07) is 88.2. The summed E-state index contributed by atoms with van der Waals surface area (Å²) in [5.74, 6) is 0.120. The van der Waals surface area contributed by atoms with Crippen LogP contribution >= 0.6 is 0 Å². The lowest BCUT2D eigenvalue weighted by atomic mass is 9.85. The fraction of sp³-hybridized carbons (Fsp3) is 0.337. The van der Waals surface area contributed by atoms with E-state index in [4.69, 9.17) is 80.7 Å². The van der Waals surface area contributed by atoms with Crippen molar-refractivity contribution in [2.24, 2.45) is 0 Å². The topological polar surface area (TPSA) is 221 Å². The number of hydrogen-bond donors (Lipinski definition) is 2. The summed E-state index contributed by atoms with van der Waals surface area (Å²) in [4.78, 5) is 25.4. The zero-order valence-corrected chi connectivity index (χ0v) is 66.1. The predicted octanol–water partition coefficient (Wildman–Crippen LogP) is 14.0. The van der Waals surface area contributed by atoms with Crippen molar-refractivity contribution in [3.8, 4) is 23.0 Å². The lowest BCUT2D eigenvalue weighted by Crippen LogP contribution is -2.77. The maximum Gasteiger partial charge on any atom is 0.280 e. The zero-order valence-electron chi connectivity index (χ0n) is 66.1. The van der Waals surface area contributed by atoms with Crippen molar-refractivity contribution in [3.63, 3.8) is 0 Å². The largest absolute Gasteiger partial charge is 0.497 e. The molecule has 1 heterocycles. The molecule has 114 heavy (non-hydrogen) atoms. The number of methoxy groups -OCH3 is 4. The maximum absolute atomic E-state index is 14.3. The van der Waals surface area contributed by atoms with Crippen molar-refractivity contribution in [2.45, 2.75) is 120 Å². The summed E-state index contributed by atoms with van der Waals surface area (Å²) >= 11 is 0. The molecule has 0 radical (unpaired) electrons. The molecule has 0 bridgehead atoms. The molecule has 7 atom stereocenters. The van der Waals surface area contributed by atoms with Gasteiger partial charge in [0, 0.05) is 14.1 Å². The molecular weight excluding hydrogens is 1450 g/mol. The van der Waals surface area contributed by atoms with Gasteiger partial charge >= 0.3 is 0 Å². The van der Waals surface area contributed by atoms with E-state index < -0.39 is 59.6 Å². The molecule has 10 aromatic rings. The Bertz CT molecular complexity index is 4190. The Morgan fingerprint density at radius 1 is 0.377 bits per heavy atom. The second-order valence-electron chi connectivity index (χ2n) is 27.4. The van der Waals surface area contributed by atoms with Gasteiger partial charge in [-0.3, -0.25) is 14.5 Å². The number of carbonyl (C=O) groups is 1. The van der Waals surface area contributed by atoms with E-state index >= 15 is 0 Å². The van der Waals surface area contributed by atoms with Crippen molar-refractivity contribution in [1.82, 2.24) is 10.1 Å². The van der Waals surface area contributed by atoms with Crippen LogP contribution in [0.1, 0.15) is 55.6 Å². The highest BCUT2D eigenvalue weighted by Crippen LogP contribution is 2.44. The Balaban J connectivity index is 0.000000241. The van der Waals surface area contributed by atoms with E-state index in [-0.39, 0.29) is 92.5 Å². The van der Waals surface area contributed by atoms with E-state index in [9.17, 15) is 15.0 Å². The highest BCUT2D eigenvalue weighted by Gasteiger charge is 2.65. The standard InChI is InChI=1S/2C46H53NO10/c1-47(51-4)46(48)44(56-32-37-18-12-7-13-19-37)42(54-30-35-14-8-5-9-15-35)43(55-31-36-16-10-6-11-17-36)45(57-46,33-52-28-38-20-24-40(49-2)25-21-38)34-53-29-39-22-26-41(50-3)27-23-39;1-47(52-4)45(48)43(56-31-36-16-10-6-11-17-36)42(55-30-35-14-8-5-9-15-35)44(57-32-37-18-12-7-13-19-37)46(49,33-53-28-38-20-24-40(50-2)25-21-38)34-54-29-39-22-26-41(51-3)27-23-39/h5-27,42-44,48H,28-34H2,1-4H3;5-27,42-44,49H,28-34H2,1-4H3/t42-,43-,44+,46?;42-,43-,44+/m01/s1. The Morgan fingerprint density at radius 2 is 0.684 bits per heavy atom. The first-order valence-corrected chi connectivity index (χ1v) is 37.7. The van der Waals surface area contributed by atoms with Gasteiger partial charge in [-0.25, -0.2) is 5.06 Å². The molecule has 604 valence electrons. The monoisotopic (exact) mass is 1560 g/mol. The number of amides is 1. The molecule has 10 aromatic carbocycles. The predicted molar refractivity (Wildman–Crippen MR) is 429 cm³/mol. The van der Waals surface area contributed by atoms with Crippen LogP contribution in [-0.2, 0) is 133 Å². The molecule has 2 N–H and O–H groups in total. The molecule has 1 unspecified atom stereocenters. The number of rotatable bonds is 45. The third-order valence-corrected chi connectivity index (χ3v) is 19.3. The molecule has 1 amide bonds. The van der Waals surface area contributed by atoms with Crippen LogP contribution in [0.15, 0.2) is 279 Å². The van der Waals surface area contributed by atoms with Crippen LogP contribution in [0.3, 0.4) is 0 Å². The van der Waals surface area contributed by atoms with E-state index in [2.05, 4.69) is 0 Å². The third kappa shape index (κ3) is 25.6. The van der Waals surface area contributed by atoms with Crippen molar-refractivity contribution in [3.05, 3.63) is 335 Å². The minimum atomic E-state index is -2.23. The molecule has 1 aliphatic heterocycles. The smallest absolute Gasteiger partial charge is 0.280 e. The summed E-state index contributed by atoms with van der Waals surface area (Å²) < 4.78 is 94.5. The molecule has 0 spiro atoms. The molecular formula is C92H106N2O20. The molecule has 0 aliphatic carbocycles. The first kappa shape index (κ1) is 86.6. The van der Waals surface area contributed by atoms with E-state index in [0.29, 0.717) is 11.5 Å². The average molecular weight is 1560 g/mol. The van der Waals surface area contributed by atoms with Gasteiger partial charge in [0.05, 0.1) is 135 Å². The quantitative estimate of drug-likeness (QED) is 0.0267. The third-order valence-electron chi connectivity index (χ3n) is 19.3. The van der Waals surface area contributed by atoms with E-state index in [1.54, 1.807) is 35.5 Å². The van der Waals surface area contributed by atoms with Gasteiger partial charge in [-0.2, -0.15) is 0 Å². The van der Waals surface area contributed by atoms with Gasteiger partial charge in [-0.1, -0.05) is 231 Å². The fourth-order valence-corrected chi connectivity index (χ4v) is 12.9. The van der Waals surface area contributed by atoms with Crippen LogP contribution in [0, 0.1) is 0 Å². The number of benzene rings is 10. The molecule has 1 saturated heterocycles. The Labute approximate surface area is 669 Å². The first-order valence-electron chi connectivity index (χ1n) is 37.7. The SMILES string of the molecule is COc1ccc(COCC(O)(COCc2ccc(OC)cc2)[C@@H](OCc2ccccc2)[C@H](OCc2ccccc2)[C@@H](OCc2ccccc2)C(=O)N(C)OC)cc1.COc1ccc(COCC2(COCc3ccc(OC)cc3)OC(O)(N(C)OC)[C@H](OCc3ccccc3)[C@@H](OCc3ccccc3)[C@@H]2OCc2ccccc2)cc1. The van der Waals surface area contributed by atoms with Crippen LogP contribution < -0.4 is 18.9 Å². The van der Waals surface area contributed by atoms with E-state index in [1.165, 1.54) is 26.3 Å². The van der Waals surface area contributed by atoms with Crippen LogP contribution in [0.5, 0.6) is 23.0 Å². The molecule has 22 nitrogen and oxygen atoms in total. The van der Waals surface area contributed by atoms with Gasteiger partial charge in [0.15, 0.2) is 12.2 Å². The van der Waals surface area contributed by atoms with Gasteiger partial charge in [-0.15, -0.1) is 5.06 Å². The van der Waals surface area contributed by atoms with E-state index in [1.807, 2.05) is 279 Å². The lowest BCUT2D eigenvalue weighted by Gasteiger charge is -2.56. The summed E-state index contributed by atoms with van der Waals surface area (Å²) in [6.45, 7) is 0.821. The molecule has 1 aliphatic rings. The summed E-state index contributed by atoms with van der Waals surface area (Å²) in [5, 5.41) is 28.3. The van der Waals surface area contributed by atoms with Crippen molar-refractivity contribution in [1.29, 1.82) is 0 Å². The molecule has 1 fully saturated rings. The summed E-state index contributed by atoms with van der Waals surface area (Å²) in [7, 11) is 12.4. The number of ether oxygens (including phenoxy) is 15. The van der Waals surface area contributed by atoms with Crippen LogP contribution in [0.4, 0.5) is 0 Å². The van der Waals surface area contributed by atoms with Crippen LogP contribution in [0.25, 0.3) is 0 Å². The number of nitrogens with zero attached hydrogens (tertiary/aromatic N) is 2.